The van der Waals surface area contributed by atoms with E-state index in [1.54, 1.807) is 31.3 Å². The number of hydrogen-bond donors (Lipinski definition) is 0. The fourth-order valence-electron chi connectivity index (χ4n) is 2.68. The van der Waals surface area contributed by atoms with Crippen molar-refractivity contribution in [2.45, 2.75) is 64.7 Å². The molecule has 1 aromatic heterocycles. The highest BCUT2D eigenvalue weighted by atomic mass is 32.2. The lowest BCUT2D eigenvalue weighted by Crippen LogP contribution is -2.15. The van der Waals surface area contributed by atoms with Gasteiger partial charge in [-0.25, -0.2) is 17.4 Å². The molecule has 0 fully saturated rings. The van der Waals surface area contributed by atoms with Gasteiger partial charge < -0.3 is 4.74 Å². The molecule has 0 amide bonds. The number of hydrogen-bond acceptors (Lipinski definition) is 4. The molecule has 2 aromatic rings. The fraction of sp³-hybridized carbons (Fsp3) is 0.526. The molecule has 6 heteroatoms. The summed E-state index contributed by atoms with van der Waals surface area (Å²) in [5.74, 6) is 1.48. The Morgan fingerprint density at radius 1 is 1.24 bits per heavy atom. The Kier molecular flexibility index (Phi) is 6.27. The third-order valence-electron chi connectivity index (χ3n) is 4.10. The van der Waals surface area contributed by atoms with Crippen LogP contribution in [0.25, 0.3) is 0 Å². The Morgan fingerprint density at radius 2 is 1.96 bits per heavy atom. The largest absolute Gasteiger partial charge is 0.493 e. The number of nitrogens with zero attached hydrogens (tertiary/aromatic N) is 2. The Hall–Kier alpha value is -1.82. The average Bonchev–Trinajstić information content (AvgIpc) is 2.97. The highest BCUT2D eigenvalue weighted by molar-refractivity contribution is 7.90. The van der Waals surface area contributed by atoms with E-state index in [1.807, 2.05) is 20.8 Å². The van der Waals surface area contributed by atoms with Gasteiger partial charge in [0.05, 0.1) is 17.2 Å². The van der Waals surface area contributed by atoms with Crippen molar-refractivity contribution in [3.63, 3.8) is 0 Å². The molecule has 1 heterocycles. The van der Waals surface area contributed by atoms with Crippen LogP contribution in [-0.2, 0) is 16.4 Å². The molecule has 0 unspecified atom stereocenters. The van der Waals surface area contributed by atoms with Gasteiger partial charge in [-0.3, -0.25) is 0 Å². The maximum atomic E-state index is 13.1. The standard InChI is InChI=1S/C19H28N2O3S/c1-6-8-11-24-18-10-9-16(12-17(18)14(3)4)25(22,23)21-13-15(5)20-19(21)7-2/h9-10,12-14H,6-8,11H2,1-5H3. The molecule has 0 bridgehead atoms. The predicted molar refractivity (Wildman–Crippen MR) is 99.9 cm³/mol. The molecule has 138 valence electrons. The number of benzene rings is 1. The fourth-order valence-corrected chi connectivity index (χ4v) is 4.16. The predicted octanol–water partition coefficient (Wildman–Crippen LogP) is 4.29. The van der Waals surface area contributed by atoms with Gasteiger partial charge in [0.25, 0.3) is 10.0 Å². The Bertz CT molecular complexity index is 823. The van der Waals surface area contributed by atoms with Crippen LogP contribution in [0, 0.1) is 6.92 Å². The molecule has 5 nitrogen and oxygen atoms in total. The van der Waals surface area contributed by atoms with E-state index < -0.39 is 10.0 Å². The minimum Gasteiger partial charge on any atom is -0.493 e. The summed E-state index contributed by atoms with van der Waals surface area (Å²) in [7, 11) is -3.66. The van der Waals surface area contributed by atoms with Crippen LogP contribution in [-0.4, -0.2) is 24.0 Å². The summed E-state index contributed by atoms with van der Waals surface area (Å²) >= 11 is 0. The lowest BCUT2D eigenvalue weighted by atomic mass is 10.0. The number of unbranched alkanes of at least 4 members (excludes halogenated alkanes) is 1. The minimum atomic E-state index is -3.66. The van der Waals surface area contributed by atoms with Crippen LogP contribution in [0.2, 0.25) is 0 Å². The Morgan fingerprint density at radius 3 is 2.56 bits per heavy atom. The topological polar surface area (TPSA) is 61.2 Å². The van der Waals surface area contributed by atoms with Gasteiger partial charge in [-0.2, -0.15) is 0 Å². The van der Waals surface area contributed by atoms with Gasteiger partial charge in [0, 0.05) is 12.6 Å². The molecule has 1 aromatic carbocycles. The van der Waals surface area contributed by atoms with E-state index >= 15 is 0 Å². The zero-order valence-electron chi connectivity index (χ0n) is 15.7. The molecule has 0 aliphatic heterocycles. The van der Waals surface area contributed by atoms with Crippen molar-refractivity contribution >= 4 is 10.0 Å². The summed E-state index contributed by atoms with van der Waals surface area (Å²) in [6.45, 7) is 10.5. The van der Waals surface area contributed by atoms with E-state index in [9.17, 15) is 8.42 Å². The van der Waals surface area contributed by atoms with Crippen LogP contribution >= 0.6 is 0 Å². The second kappa shape index (κ2) is 8.04. The van der Waals surface area contributed by atoms with Gasteiger partial charge in [0.2, 0.25) is 0 Å². The van der Waals surface area contributed by atoms with Crippen molar-refractivity contribution in [2.24, 2.45) is 0 Å². The molecule has 25 heavy (non-hydrogen) atoms. The highest BCUT2D eigenvalue weighted by Crippen LogP contribution is 2.30. The highest BCUT2D eigenvalue weighted by Gasteiger charge is 2.22. The molecular weight excluding hydrogens is 336 g/mol. The van der Waals surface area contributed by atoms with Gasteiger partial charge in [-0.1, -0.05) is 34.1 Å². The molecule has 0 saturated carbocycles. The van der Waals surface area contributed by atoms with Crippen molar-refractivity contribution in [1.82, 2.24) is 8.96 Å². The molecule has 0 aliphatic carbocycles. The van der Waals surface area contributed by atoms with E-state index in [4.69, 9.17) is 4.74 Å². The molecule has 2 rings (SSSR count). The maximum Gasteiger partial charge on any atom is 0.269 e. The van der Waals surface area contributed by atoms with Crippen molar-refractivity contribution in [2.75, 3.05) is 6.61 Å². The molecular formula is C19H28N2O3S. The van der Waals surface area contributed by atoms with Crippen LogP contribution in [0.1, 0.15) is 63.5 Å². The molecule has 0 spiro atoms. The summed E-state index contributed by atoms with van der Waals surface area (Å²) in [5.41, 5.74) is 1.61. The lowest BCUT2D eigenvalue weighted by molar-refractivity contribution is 0.305. The van der Waals surface area contributed by atoms with Gasteiger partial charge in [0.1, 0.15) is 11.6 Å². The number of ether oxygens (including phenoxy) is 1. The second-order valence-corrected chi connectivity index (χ2v) is 8.32. The molecule has 0 saturated heterocycles. The summed E-state index contributed by atoms with van der Waals surface area (Å²) in [6, 6.07) is 5.13. The van der Waals surface area contributed by atoms with Crippen molar-refractivity contribution in [1.29, 1.82) is 0 Å². The third-order valence-corrected chi connectivity index (χ3v) is 5.78. The van der Waals surface area contributed by atoms with Gasteiger partial charge in [-0.05, 0) is 43.0 Å². The van der Waals surface area contributed by atoms with E-state index in [-0.39, 0.29) is 10.8 Å². The molecule has 0 radical (unpaired) electrons. The first-order valence-electron chi connectivity index (χ1n) is 8.88. The number of aromatic nitrogens is 2. The minimum absolute atomic E-state index is 0.168. The first-order chi connectivity index (χ1) is 11.8. The monoisotopic (exact) mass is 364 g/mol. The zero-order chi connectivity index (χ0) is 18.6. The van der Waals surface area contributed by atoms with Crippen LogP contribution < -0.4 is 4.74 Å². The quantitative estimate of drug-likeness (QED) is 0.656. The molecule has 0 N–H and O–H groups in total. The van der Waals surface area contributed by atoms with Crippen LogP contribution in [0.15, 0.2) is 29.3 Å². The molecule has 0 atom stereocenters. The van der Waals surface area contributed by atoms with Gasteiger partial charge in [0.15, 0.2) is 0 Å². The molecule has 0 aliphatic rings. The van der Waals surface area contributed by atoms with Crippen LogP contribution in [0.3, 0.4) is 0 Å². The SMILES string of the molecule is CCCCOc1ccc(S(=O)(=O)n2cc(C)nc2CC)cc1C(C)C. The lowest BCUT2D eigenvalue weighted by Gasteiger charge is -2.16. The second-order valence-electron chi connectivity index (χ2n) is 6.51. The zero-order valence-corrected chi connectivity index (χ0v) is 16.6. The van der Waals surface area contributed by atoms with Gasteiger partial charge >= 0.3 is 0 Å². The van der Waals surface area contributed by atoms with Crippen molar-refractivity contribution < 1.29 is 13.2 Å². The third kappa shape index (κ3) is 4.24. The summed E-state index contributed by atoms with van der Waals surface area (Å²) in [4.78, 5) is 4.57. The van der Waals surface area contributed by atoms with Crippen molar-refractivity contribution in [3.8, 4) is 5.75 Å². The van der Waals surface area contributed by atoms with Crippen LogP contribution in [0.5, 0.6) is 5.75 Å². The Labute approximate surface area is 151 Å². The van der Waals surface area contributed by atoms with E-state index in [1.165, 1.54) is 3.97 Å². The summed E-state index contributed by atoms with van der Waals surface area (Å²) in [5, 5.41) is 0. The van der Waals surface area contributed by atoms with E-state index in [2.05, 4.69) is 11.9 Å². The number of rotatable bonds is 8. The number of aryl methyl sites for hydroxylation is 2. The van der Waals surface area contributed by atoms with Gasteiger partial charge in [-0.15, -0.1) is 0 Å². The normalized spacial score (nSPS) is 11.9. The van der Waals surface area contributed by atoms with Crippen molar-refractivity contribution in [3.05, 3.63) is 41.5 Å². The van der Waals surface area contributed by atoms with E-state index in [0.29, 0.717) is 24.5 Å². The number of imidazole rings is 1. The van der Waals surface area contributed by atoms with Crippen LogP contribution in [0.4, 0.5) is 0 Å². The maximum absolute atomic E-state index is 13.1. The first kappa shape index (κ1) is 19.5. The van der Waals surface area contributed by atoms with E-state index in [0.717, 1.165) is 24.2 Å². The Balaban J connectivity index is 2.46. The average molecular weight is 365 g/mol. The summed E-state index contributed by atoms with van der Waals surface area (Å²) < 4.78 is 33.2. The summed E-state index contributed by atoms with van der Waals surface area (Å²) in [6.07, 6.45) is 4.17. The first-order valence-corrected chi connectivity index (χ1v) is 10.3. The smallest absolute Gasteiger partial charge is 0.269 e.